The van der Waals surface area contributed by atoms with Crippen molar-refractivity contribution in [3.05, 3.63) is 97.2 Å². The number of hydrogen-bond donors (Lipinski definition) is 2. The highest BCUT2D eigenvalue weighted by atomic mass is 31.2. The first-order valence-electron chi connectivity index (χ1n) is 26.2. The first kappa shape index (κ1) is 62.9. The molecule has 0 aliphatic rings. The van der Waals surface area contributed by atoms with Gasteiger partial charge in [-0.2, -0.15) is 0 Å². The zero-order valence-electron chi connectivity index (χ0n) is 41.9. The molecule has 0 aliphatic carbocycles. The van der Waals surface area contributed by atoms with Crippen LogP contribution in [0.5, 0.6) is 0 Å². The molecule has 0 saturated carbocycles. The Hall–Kier alpha value is -3.07. The van der Waals surface area contributed by atoms with Crippen LogP contribution >= 0.6 is 7.82 Å². The van der Waals surface area contributed by atoms with Gasteiger partial charge in [0.2, 0.25) is 0 Å². The molecule has 0 rings (SSSR count). The minimum atomic E-state index is -4.37. The van der Waals surface area contributed by atoms with E-state index in [2.05, 4.69) is 111 Å². The molecule has 0 amide bonds. The van der Waals surface area contributed by atoms with Crippen LogP contribution in [0.2, 0.25) is 0 Å². The van der Waals surface area contributed by atoms with E-state index in [0.29, 0.717) is 6.42 Å². The number of carbonyl (C=O) groups is 2. The molecule has 0 aliphatic heterocycles. The summed E-state index contributed by atoms with van der Waals surface area (Å²) in [6.45, 7) is 3.54. The first-order valence-corrected chi connectivity index (χ1v) is 27.7. The van der Waals surface area contributed by atoms with Gasteiger partial charge in [0.05, 0.1) is 13.2 Å². The van der Waals surface area contributed by atoms with Gasteiger partial charge in [-0.3, -0.25) is 18.6 Å². The molecule has 0 bridgehead atoms. The number of allylic oxidation sites excluding steroid dienone is 16. The van der Waals surface area contributed by atoms with Gasteiger partial charge in [0.15, 0.2) is 6.10 Å². The number of nitrogens with two attached hydrogens (primary N) is 1. The summed E-state index contributed by atoms with van der Waals surface area (Å²) in [5, 5.41) is 0. The maximum absolute atomic E-state index is 12.6. The number of hydrogen-bond acceptors (Lipinski definition) is 8. The maximum Gasteiger partial charge on any atom is 0.472 e. The fraction of sp³-hybridized carbons (Fsp3) is 0.679. The lowest BCUT2D eigenvalue weighted by Crippen LogP contribution is -2.29. The van der Waals surface area contributed by atoms with Crippen LogP contribution in [-0.2, 0) is 32.7 Å². The van der Waals surface area contributed by atoms with Crippen molar-refractivity contribution in [2.24, 2.45) is 5.73 Å². The molecule has 3 N–H and O–H groups in total. The Bertz CT molecular complexity index is 1400. The van der Waals surface area contributed by atoms with Crippen molar-refractivity contribution in [3.63, 3.8) is 0 Å². The predicted molar refractivity (Wildman–Crippen MR) is 279 cm³/mol. The molecule has 0 aromatic carbocycles. The van der Waals surface area contributed by atoms with E-state index in [1.165, 1.54) is 77.0 Å². The third-order valence-electron chi connectivity index (χ3n) is 10.7. The fourth-order valence-electron chi connectivity index (χ4n) is 6.89. The normalized spacial score (nSPS) is 13.9. The highest BCUT2D eigenvalue weighted by Gasteiger charge is 2.26. The standard InChI is InChI=1S/C56H96NO8P/c1-3-5-7-9-11-12-13-14-15-16-17-18-19-20-21-22-23-24-25-26-27-28-29-30-31-32-33-34-35-36-37-38-39-40-41-42-43-45-47-49-56(59)65-54(53-64-66(60,61)63-51-50-57)52-62-55(58)48-46-44-10-8-6-4-2/h5,7,11-12,14-15,17-18,20-21,23-24,26-27,29-30,54H,3-4,6,8-10,13,16,19,22,25,28,31-53,57H2,1-2H3,(H,60,61)/b7-5-,12-11-,15-14-,18-17-,21-20-,24-23-,27-26-,30-29-. The zero-order chi connectivity index (χ0) is 48.1. The minimum Gasteiger partial charge on any atom is -0.462 e. The van der Waals surface area contributed by atoms with Crippen LogP contribution in [0.3, 0.4) is 0 Å². The second kappa shape index (κ2) is 51.3. The van der Waals surface area contributed by atoms with Crippen molar-refractivity contribution in [1.82, 2.24) is 0 Å². The van der Waals surface area contributed by atoms with Gasteiger partial charge >= 0.3 is 19.8 Å². The molecule has 66 heavy (non-hydrogen) atoms. The fourth-order valence-corrected chi connectivity index (χ4v) is 7.65. The SMILES string of the molecule is CC/C=C\C/C=C\C/C=C\C/C=C\C/C=C\C/C=C\C/C=C\C/C=C\CCCCCCCCCCCCCCCCC(=O)OC(COC(=O)CCCCCCCC)COP(=O)(O)OCCN. The lowest BCUT2D eigenvalue weighted by Gasteiger charge is -2.19. The molecule has 0 fully saturated rings. The van der Waals surface area contributed by atoms with E-state index in [9.17, 15) is 19.0 Å². The molecule has 0 heterocycles. The van der Waals surface area contributed by atoms with E-state index < -0.39 is 32.5 Å². The number of carbonyl (C=O) groups excluding carboxylic acids is 2. The first-order chi connectivity index (χ1) is 32.3. The number of phosphoric ester groups is 1. The van der Waals surface area contributed by atoms with Crippen molar-refractivity contribution >= 4 is 19.8 Å². The van der Waals surface area contributed by atoms with Gasteiger partial charge in [-0.25, -0.2) is 4.57 Å². The number of rotatable bonds is 48. The van der Waals surface area contributed by atoms with Gasteiger partial charge < -0.3 is 20.1 Å². The summed E-state index contributed by atoms with van der Waals surface area (Å²) in [4.78, 5) is 34.7. The van der Waals surface area contributed by atoms with Crippen molar-refractivity contribution in [2.75, 3.05) is 26.4 Å². The Morgan fingerprint density at radius 2 is 0.833 bits per heavy atom. The molecule has 0 spiro atoms. The molecule has 0 saturated heterocycles. The third-order valence-corrected chi connectivity index (χ3v) is 11.7. The predicted octanol–water partition coefficient (Wildman–Crippen LogP) is 16.1. The lowest BCUT2D eigenvalue weighted by atomic mass is 10.0. The Kier molecular flexibility index (Phi) is 48.9. The van der Waals surface area contributed by atoms with Crippen molar-refractivity contribution in [2.45, 2.75) is 219 Å². The van der Waals surface area contributed by atoms with Crippen LogP contribution in [0.25, 0.3) is 0 Å². The Morgan fingerprint density at radius 3 is 1.24 bits per heavy atom. The Labute approximate surface area is 404 Å². The molecule has 2 unspecified atom stereocenters. The molecule has 0 aromatic heterocycles. The summed E-state index contributed by atoms with van der Waals surface area (Å²) >= 11 is 0. The molecular weight excluding hydrogens is 846 g/mol. The summed E-state index contributed by atoms with van der Waals surface area (Å²) in [6, 6.07) is 0. The highest BCUT2D eigenvalue weighted by Crippen LogP contribution is 2.43. The summed E-state index contributed by atoms with van der Waals surface area (Å²) < 4.78 is 32.7. The monoisotopic (exact) mass is 942 g/mol. The average Bonchev–Trinajstić information content (AvgIpc) is 3.31. The lowest BCUT2D eigenvalue weighted by molar-refractivity contribution is -0.161. The van der Waals surface area contributed by atoms with E-state index in [1.807, 2.05) is 0 Å². The van der Waals surface area contributed by atoms with Gasteiger partial charge in [0.25, 0.3) is 0 Å². The number of phosphoric acid groups is 1. The van der Waals surface area contributed by atoms with Gasteiger partial charge in [-0.1, -0.05) is 220 Å². The second-order valence-corrected chi connectivity index (χ2v) is 18.5. The summed E-state index contributed by atoms with van der Waals surface area (Å²) in [5.74, 6) is -0.841. The van der Waals surface area contributed by atoms with Crippen LogP contribution in [-0.4, -0.2) is 49.3 Å². The summed E-state index contributed by atoms with van der Waals surface area (Å²) in [5.41, 5.74) is 5.34. The highest BCUT2D eigenvalue weighted by molar-refractivity contribution is 7.47. The summed E-state index contributed by atoms with van der Waals surface area (Å²) in [7, 11) is -4.37. The van der Waals surface area contributed by atoms with Crippen LogP contribution in [0.4, 0.5) is 0 Å². The van der Waals surface area contributed by atoms with Crippen molar-refractivity contribution in [1.29, 1.82) is 0 Å². The summed E-state index contributed by atoms with van der Waals surface area (Å²) in [6.07, 6.45) is 68.0. The average molecular weight is 942 g/mol. The van der Waals surface area contributed by atoms with Crippen LogP contribution in [0.15, 0.2) is 97.2 Å². The van der Waals surface area contributed by atoms with Crippen LogP contribution in [0, 0.1) is 0 Å². The van der Waals surface area contributed by atoms with Crippen molar-refractivity contribution in [3.8, 4) is 0 Å². The Morgan fingerprint density at radius 1 is 0.470 bits per heavy atom. The quantitative estimate of drug-likeness (QED) is 0.0265. The van der Waals surface area contributed by atoms with Gasteiger partial charge in [-0.15, -0.1) is 0 Å². The van der Waals surface area contributed by atoms with Gasteiger partial charge in [0, 0.05) is 19.4 Å². The molecule has 378 valence electrons. The van der Waals surface area contributed by atoms with E-state index in [-0.39, 0.29) is 32.6 Å². The molecule has 0 radical (unpaired) electrons. The largest absolute Gasteiger partial charge is 0.472 e. The number of unbranched alkanes of at least 4 members (excludes halogenated alkanes) is 19. The van der Waals surface area contributed by atoms with Gasteiger partial charge in [-0.05, 0) is 77.0 Å². The molecule has 9 nitrogen and oxygen atoms in total. The molecular formula is C56H96NO8P. The molecule has 0 aromatic rings. The van der Waals surface area contributed by atoms with Crippen LogP contribution in [0.1, 0.15) is 213 Å². The maximum atomic E-state index is 12.6. The van der Waals surface area contributed by atoms with Gasteiger partial charge in [0.1, 0.15) is 6.61 Å². The second-order valence-electron chi connectivity index (χ2n) is 17.0. The number of esters is 2. The molecule has 10 heteroatoms. The topological polar surface area (TPSA) is 134 Å². The smallest absolute Gasteiger partial charge is 0.462 e. The van der Waals surface area contributed by atoms with Crippen molar-refractivity contribution < 1.29 is 37.6 Å². The van der Waals surface area contributed by atoms with Crippen LogP contribution < -0.4 is 5.73 Å². The third kappa shape index (κ3) is 50.3. The van der Waals surface area contributed by atoms with E-state index in [1.54, 1.807) is 0 Å². The van der Waals surface area contributed by atoms with E-state index >= 15 is 0 Å². The Balaban J connectivity index is 3.80. The number of ether oxygens (including phenoxy) is 2. The van der Waals surface area contributed by atoms with E-state index in [4.69, 9.17) is 24.3 Å². The molecule has 2 atom stereocenters. The zero-order valence-corrected chi connectivity index (χ0v) is 42.8. The van der Waals surface area contributed by atoms with E-state index in [0.717, 1.165) is 103 Å². The minimum absolute atomic E-state index is 0.0512.